The van der Waals surface area contributed by atoms with Gasteiger partial charge in [0.1, 0.15) is 17.7 Å². The van der Waals surface area contributed by atoms with Crippen molar-refractivity contribution in [1.29, 1.82) is 0 Å². The van der Waals surface area contributed by atoms with Gasteiger partial charge in [0.25, 0.3) is 0 Å². The van der Waals surface area contributed by atoms with E-state index in [0.29, 0.717) is 6.07 Å². The van der Waals surface area contributed by atoms with Gasteiger partial charge < -0.3 is 15.9 Å². The van der Waals surface area contributed by atoms with Gasteiger partial charge >= 0.3 is 0 Å². The predicted octanol–water partition coefficient (Wildman–Crippen LogP) is 0.153. The molecular weight excluding hydrogens is 220 g/mol. The lowest BCUT2D eigenvalue weighted by Crippen LogP contribution is -2.34. The van der Waals surface area contributed by atoms with Crippen LogP contribution < -0.4 is 5.73 Å². The highest BCUT2D eigenvalue weighted by Crippen LogP contribution is 2.23. The number of nitrogens with two attached hydrogens (primary N) is 1. The third kappa shape index (κ3) is 2.34. The van der Waals surface area contributed by atoms with Crippen LogP contribution in [0.15, 0.2) is 12.1 Å². The molecule has 0 aliphatic heterocycles. The number of rotatable bonds is 3. The zero-order valence-electron chi connectivity index (χ0n) is 8.45. The summed E-state index contributed by atoms with van der Waals surface area (Å²) >= 11 is 0. The number of amides is 1. The number of aliphatic hydroxyl groups excluding tert-OH is 2. The number of aryl methyl sites for hydroxylation is 1. The molecule has 0 spiro atoms. The summed E-state index contributed by atoms with van der Waals surface area (Å²) < 4.78 is 26.1. The van der Waals surface area contributed by atoms with Crippen molar-refractivity contribution in [1.82, 2.24) is 0 Å². The first-order valence-electron chi connectivity index (χ1n) is 4.45. The molecule has 1 rings (SSSR count). The van der Waals surface area contributed by atoms with E-state index in [9.17, 15) is 18.7 Å². The van der Waals surface area contributed by atoms with E-state index in [1.165, 1.54) is 6.92 Å². The van der Waals surface area contributed by atoms with Gasteiger partial charge in [-0.15, -0.1) is 0 Å². The quantitative estimate of drug-likeness (QED) is 0.692. The Morgan fingerprint density at radius 3 is 2.38 bits per heavy atom. The summed E-state index contributed by atoms with van der Waals surface area (Å²) in [6.07, 6.45) is -3.74. The second-order valence-corrected chi connectivity index (χ2v) is 3.41. The minimum absolute atomic E-state index is 0.0899. The molecule has 1 aromatic carbocycles. The van der Waals surface area contributed by atoms with Crippen LogP contribution in [-0.4, -0.2) is 22.2 Å². The van der Waals surface area contributed by atoms with E-state index in [0.717, 1.165) is 6.07 Å². The Labute approximate surface area is 90.3 Å². The molecule has 0 aromatic heterocycles. The molecule has 0 saturated heterocycles. The molecule has 4 N–H and O–H groups in total. The third-order valence-corrected chi connectivity index (χ3v) is 2.19. The fourth-order valence-corrected chi connectivity index (χ4v) is 1.23. The average Bonchev–Trinajstić information content (AvgIpc) is 2.21. The van der Waals surface area contributed by atoms with E-state index >= 15 is 0 Å². The van der Waals surface area contributed by atoms with Gasteiger partial charge in [0, 0.05) is 11.6 Å². The molecule has 1 amide bonds. The van der Waals surface area contributed by atoms with Crippen molar-refractivity contribution in [3.8, 4) is 0 Å². The van der Waals surface area contributed by atoms with Crippen LogP contribution in [-0.2, 0) is 4.79 Å². The lowest BCUT2D eigenvalue weighted by Gasteiger charge is -2.16. The van der Waals surface area contributed by atoms with E-state index < -0.39 is 29.7 Å². The van der Waals surface area contributed by atoms with Crippen LogP contribution in [0, 0.1) is 18.6 Å². The molecule has 16 heavy (non-hydrogen) atoms. The van der Waals surface area contributed by atoms with Crippen LogP contribution in [0.3, 0.4) is 0 Å². The van der Waals surface area contributed by atoms with Crippen LogP contribution in [0.1, 0.15) is 17.2 Å². The maximum Gasteiger partial charge on any atom is 0.249 e. The predicted molar refractivity (Wildman–Crippen MR) is 51.3 cm³/mol. The third-order valence-electron chi connectivity index (χ3n) is 2.19. The van der Waals surface area contributed by atoms with Crippen molar-refractivity contribution in [3.63, 3.8) is 0 Å². The van der Waals surface area contributed by atoms with E-state index in [-0.39, 0.29) is 11.1 Å². The van der Waals surface area contributed by atoms with Crippen molar-refractivity contribution in [3.05, 3.63) is 34.9 Å². The maximum absolute atomic E-state index is 13.2. The molecule has 2 unspecified atom stereocenters. The standard InChI is InChI=1S/C10H11F2NO3/c1-4-2-5(7(12)3-6(4)11)8(14)9(15)10(13)16/h2-3,8-9,14-15H,1H3,(H2,13,16). The topological polar surface area (TPSA) is 83.6 Å². The molecule has 0 bridgehead atoms. The van der Waals surface area contributed by atoms with Gasteiger partial charge in [-0.3, -0.25) is 4.79 Å². The number of hydrogen-bond donors (Lipinski definition) is 3. The van der Waals surface area contributed by atoms with Gasteiger partial charge in [-0.1, -0.05) is 0 Å². The second-order valence-electron chi connectivity index (χ2n) is 3.41. The summed E-state index contributed by atoms with van der Waals surface area (Å²) in [5.74, 6) is -3.01. The SMILES string of the molecule is Cc1cc(C(O)C(O)C(N)=O)c(F)cc1F. The Morgan fingerprint density at radius 1 is 1.31 bits per heavy atom. The Hall–Kier alpha value is -1.53. The maximum atomic E-state index is 13.2. The molecule has 0 fully saturated rings. The fraction of sp³-hybridized carbons (Fsp3) is 0.300. The minimum Gasteiger partial charge on any atom is -0.385 e. The first kappa shape index (κ1) is 12.5. The smallest absolute Gasteiger partial charge is 0.249 e. The summed E-state index contributed by atoms with van der Waals surface area (Å²) in [6, 6.07) is 1.59. The van der Waals surface area contributed by atoms with E-state index in [1.807, 2.05) is 0 Å². The highest BCUT2D eigenvalue weighted by molar-refractivity contribution is 5.79. The van der Waals surface area contributed by atoms with Gasteiger partial charge in [-0.2, -0.15) is 0 Å². The molecule has 4 nitrogen and oxygen atoms in total. The highest BCUT2D eigenvalue weighted by Gasteiger charge is 2.26. The van der Waals surface area contributed by atoms with Crippen LogP contribution in [0.5, 0.6) is 0 Å². The summed E-state index contributed by atoms with van der Waals surface area (Å²) in [6.45, 7) is 1.36. The van der Waals surface area contributed by atoms with Crippen molar-refractivity contribution >= 4 is 5.91 Å². The highest BCUT2D eigenvalue weighted by atomic mass is 19.1. The minimum atomic E-state index is -1.93. The summed E-state index contributed by atoms with van der Waals surface area (Å²) in [4.78, 5) is 10.6. The molecule has 1 aromatic rings. The average molecular weight is 231 g/mol. The summed E-state index contributed by atoms with van der Waals surface area (Å²) in [5.41, 5.74) is 4.47. The zero-order chi connectivity index (χ0) is 12.5. The molecule has 0 aliphatic carbocycles. The number of benzene rings is 1. The Kier molecular flexibility index (Phi) is 3.56. The molecule has 0 radical (unpaired) electrons. The van der Waals surface area contributed by atoms with Crippen LogP contribution >= 0.6 is 0 Å². The number of primary amides is 1. The van der Waals surface area contributed by atoms with Crippen molar-refractivity contribution in [2.45, 2.75) is 19.1 Å². The zero-order valence-corrected chi connectivity index (χ0v) is 8.45. The number of hydrogen-bond acceptors (Lipinski definition) is 3. The van der Waals surface area contributed by atoms with Crippen LogP contribution in [0.4, 0.5) is 8.78 Å². The largest absolute Gasteiger partial charge is 0.385 e. The van der Waals surface area contributed by atoms with E-state index in [4.69, 9.17) is 10.8 Å². The fourth-order valence-electron chi connectivity index (χ4n) is 1.23. The number of halogens is 2. The Morgan fingerprint density at radius 2 is 1.88 bits per heavy atom. The molecule has 88 valence electrons. The first-order chi connectivity index (χ1) is 7.34. The normalized spacial score (nSPS) is 14.6. The van der Waals surface area contributed by atoms with Crippen LogP contribution in [0.2, 0.25) is 0 Å². The first-order valence-corrected chi connectivity index (χ1v) is 4.45. The van der Waals surface area contributed by atoms with E-state index in [2.05, 4.69) is 0 Å². The van der Waals surface area contributed by atoms with Gasteiger partial charge in [-0.05, 0) is 18.6 Å². The number of carbonyl (C=O) groups excluding carboxylic acids is 1. The molecular formula is C10H11F2NO3. The number of carbonyl (C=O) groups is 1. The van der Waals surface area contributed by atoms with Crippen LogP contribution in [0.25, 0.3) is 0 Å². The lowest BCUT2D eigenvalue weighted by molar-refractivity contribution is -0.132. The molecule has 2 atom stereocenters. The van der Waals surface area contributed by atoms with Crippen molar-refractivity contribution < 1.29 is 23.8 Å². The van der Waals surface area contributed by atoms with Crippen molar-refractivity contribution in [2.75, 3.05) is 0 Å². The van der Waals surface area contributed by atoms with Crippen molar-refractivity contribution in [2.24, 2.45) is 5.73 Å². The van der Waals surface area contributed by atoms with Gasteiger partial charge in [0.15, 0.2) is 6.10 Å². The molecule has 0 aliphatic rings. The Balaban J connectivity index is 3.13. The van der Waals surface area contributed by atoms with Gasteiger partial charge in [-0.25, -0.2) is 8.78 Å². The number of aliphatic hydroxyl groups is 2. The van der Waals surface area contributed by atoms with E-state index in [1.54, 1.807) is 0 Å². The monoisotopic (exact) mass is 231 g/mol. The van der Waals surface area contributed by atoms with Gasteiger partial charge in [0.2, 0.25) is 5.91 Å². The second kappa shape index (κ2) is 4.54. The molecule has 0 heterocycles. The lowest BCUT2D eigenvalue weighted by atomic mass is 10.0. The Bertz CT molecular complexity index is 423. The summed E-state index contributed by atoms with van der Waals surface area (Å²) in [7, 11) is 0. The molecule has 0 saturated carbocycles. The summed E-state index contributed by atoms with van der Waals surface area (Å²) in [5, 5.41) is 18.6. The van der Waals surface area contributed by atoms with Gasteiger partial charge in [0.05, 0.1) is 0 Å². The molecule has 6 heteroatoms.